The predicted octanol–water partition coefficient (Wildman–Crippen LogP) is 0.153. The van der Waals surface area contributed by atoms with Gasteiger partial charge in [0.15, 0.2) is 0 Å². The Morgan fingerprint density at radius 3 is 2.11 bits per heavy atom. The van der Waals surface area contributed by atoms with Crippen LogP contribution in [0.4, 0.5) is 0 Å². The standard InChI is InChI=1S/C12H24N2O4S/c1-12(2,3)11(15)14-7-5-13(6-8-14)9-10-18-19(4,16)17/h5-10H2,1-4H3. The third-order valence-corrected chi connectivity index (χ3v) is 3.60. The van der Waals surface area contributed by atoms with Crippen molar-refractivity contribution in [3.8, 4) is 0 Å². The third-order valence-electron chi connectivity index (χ3n) is 3.01. The van der Waals surface area contributed by atoms with Gasteiger partial charge in [0, 0.05) is 38.1 Å². The Kier molecular flexibility index (Phi) is 5.34. The molecule has 1 amide bonds. The molecule has 0 bridgehead atoms. The lowest BCUT2D eigenvalue weighted by atomic mass is 9.94. The van der Waals surface area contributed by atoms with E-state index in [1.807, 2.05) is 25.7 Å². The third kappa shape index (κ3) is 5.88. The highest BCUT2D eigenvalue weighted by molar-refractivity contribution is 7.85. The summed E-state index contributed by atoms with van der Waals surface area (Å²) in [7, 11) is -3.36. The monoisotopic (exact) mass is 292 g/mol. The van der Waals surface area contributed by atoms with Gasteiger partial charge in [0.1, 0.15) is 0 Å². The minimum atomic E-state index is -3.36. The van der Waals surface area contributed by atoms with E-state index in [0.717, 1.165) is 19.3 Å². The molecular formula is C12H24N2O4S. The van der Waals surface area contributed by atoms with Crippen molar-refractivity contribution in [1.82, 2.24) is 9.80 Å². The van der Waals surface area contributed by atoms with Crippen LogP contribution >= 0.6 is 0 Å². The fraction of sp³-hybridized carbons (Fsp3) is 0.917. The van der Waals surface area contributed by atoms with Crippen molar-refractivity contribution in [2.75, 3.05) is 45.6 Å². The summed E-state index contributed by atoms with van der Waals surface area (Å²) in [5, 5.41) is 0. The van der Waals surface area contributed by atoms with E-state index in [9.17, 15) is 13.2 Å². The molecule has 112 valence electrons. The quantitative estimate of drug-likeness (QED) is 0.690. The van der Waals surface area contributed by atoms with E-state index < -0.39 is 10.1 Å². The molecule has 1 aliphatic heterocycles. The molecule has 0 atom stereocenters. The molecule has 0 N–H and O–H groups in total. The lowest BCUT2D eigenvalue weighted by Gasteiger charge is -2.37. The van der Waals surface area contributed by atoms with Crippen molar-refractivity contribution < 1.29 is 17.4 Å². The zero-order chi connectivity index (χ0) is 14.7. The van der Waals surface area contributed by atoms with E-state index in [4.69, 9.17) is 4.18 Å². The van der Waals surface area contributed by atoms with E-state index in [2.05, 4.69) is 4.90 Å². The van der Waals surface area contributed by atoms with E-state index >= 15 is 0 Å². The maximum Gasteiger partial charge on any atom is 0.264 e. The summed E-state index contributed by atoms with van der Waals surface area (Å²) in [5.41, 5.74) is -0.346. The van der Waals surface area contributed by atoms with Gasteiger partial charge in [0.05, 0.1) is 12.9 Å². The van der Waals surface area contributed by atoms with Gasteiger partial charge >= 0.3 is 0 Å². The number of nitrogens with zero attached hydrogens (tertiary/aromatic N) is 2. The van der Waals surface area contributed by atoms with Gasteiger partial charge in [-0.25, -0.2) is 0 Å². The van der Waals surface area contributed by atoms with E-state index in [-0.39, 0.29) is 17.9 Å². The molecule has 0 spiro atoms. The lowest BCUT2D eigenvalue weighted by Crippen LogP contribution is -2.52. The summed E-state index contributed by atoms with van der Waals surface area (Å²) in [5.74, 6) is 0.166. The number of hydrogen-bond acceptors (Lipinski definition) is 5. The van der Waals surface area contributed by atoms with Crippen molar-refractivity contribution in [2.24, 2.45) is 5.41 Å². The molecule has 6 nitrogen and oxygen atoms in total. The summed E-state index contributed by atoms with van der Waals surface area (Å²) < 4.78 is 26.4. The van der Waals surface area contributed by atoms with Crippen LogP contribution in [0.1, 0.15) is 20.8 Å². The Morgan fingerprint density at radius 2 is 1.68 bits per heavy atom. The Hall–Kier alpha value is -0.660. The minimum Gasteiger partial charge on any atom is -0.340 e. The largest absolute Gasteiger partial charge is 0.340 e. The molecule has 1 saturated heterocycles. The molecule has 0 aromatic carbocycles. The first-order valence-corrected chi connectivity index (χ1v) is 8.27. The minimum absolute atomic E-state index is 0.166. The maximum absolute atomic E-state index is 12.1. The average molecular weight is 292 g/mol. The average Bonchev–Trinajstić information content (AvgIpc) is 2.26. The van der Waals surface area contributed by atoms with Crippen molar-refractivity contribution in [3.63, 3.8) is 0 Å². The summed E-state index contributed by atoms with van der Waals surface area (Å²) in [6, 6.07) is 0. The van der Waals surface area contributed by atoms with Crippen LogP contribution in [-0.4, -0.2) is 69.7 Å². The van der Waals surface area contributed by atoms with Crippen molar-refractivity contribution in [3.05, 3.63) is 0 Å². The van der Waals surface area contributed by atoms with Gasteiger partial charge < -0.3 is 4.90 Å². The molecule has 1 rings (SSSR count). The Morgan fingerprint density at radius 1 is 1.16 bits per heavy atom. The molecule has 0 radical (unpaired) electrons. The molecule has 0 unspecified atom stereocenters. The fourth-order valence-electron chi connectivity index (χ4n) is 1.97. The topological polar surface area (TPSA) is 66.9 Å². The van der Waals surface area contributed by atoms with Crippen LogP contribution in [0, 0.1) is 5.41 Å². The summed E-state index contributed by atoms with van der Waals surface area (Å²) in [4.78, 5) is 16.1. The van der Waals surface area contributed by atoms with Crippen LogP contribution in [-0.2, 0) is 19.1 Å². The molecule has 1 fully saturated rings. The highest BCUT2D eigenvalue weighted by Crippen LogP contribution is 2.18. The van der Waals surface area contributed by atoms with Crippen molar-refractivity contribution in [1.29, 1.82) is 0 Å². The highest BCUT2D eigenvalue weighted by Gasteiger charge is 2.29. The van der Waals surface area contributed by atoms with Crippen molar-refractivity contribution >= 4 is 16.0 Å². The lowest BCUT2D eigenvalue weighted by molar-refractivity contribution is -0.141. The summed E-state index contributed by atoms with van der Waals surface area (Å²) >= 11 is 0. The van der Waals surface area contributed by atoms with E-state index in [0.29, 0.717) is 19.6 Å². The van der Waals surface area contributed by atoms with Gasteiger partial charge in [-0.1, -0.05) is 20.8 Å². The molecule has 1 aliphatic rings. The molecular weight excluding hydrogens is 268 g/mol. The van der Waals surface area contributed by atoms with Crippen LogP contribution in [0.2, 0.25) is 0 Å². The first-order chi connectivity index (χ1) is 8.59. The first kappa shape index (κ1) is 16.4. The molecule has 19 heavy (non-hydrogen) atoms. The normalized spacial score (nSPS) is 18.6. The van der Waals surface area contributed by atoms with E-state index in [1.54, 1.807) is 0 Å². The zero-order valence-corrected chi connectivity index (χ0v) is 13.0. The zero-order valence-electron chi connectivity index (χ0n) is 12.2. The van der Waals surface area contributed by atoms with Gasteiger partial charge in [-0.15, -0.1) is 0 Å². The van der Waals surface area contributed by atoms with Gasteiger partial charge in [0.25, 0.3) is 10.1 Å². The van der Waals surface area contributed by atoms with Crippen LogP contribution < -0.4 is 0 Å². The molecule has 1 heterocycles. The second-order valence-corrected chi connectivity index (χ2v) is 7.55. The van der Waals surface area contributed by atoms with E-state index in [1.165, 1.54) is 0 Å². The smallest absolute Gasteiger partial charge is 0.264 e. The number of amides is 1. The van der Waals surface area contributed by atoms with Gasteiger partial charge in [0.2, 0.25) is 5.91 Å². The number of rotatable bonds is 4. The van der Waals surface area contributed by atoms with Crippen LogP contribution in [0.3, 0.4) is 0 Å². The van der Waals surface area contributed by atoms with Gasteiger partial charge in [-0.05, 0) is 0 Å². The Balaban J connectivity index is 2.32. The summed E-state index contributed by atoms with van der Waals surface area (Å²) in [6.45, 7) is 9.40. The number of hydrogen-bond donors (Lipinski definition) is 0. The molecule has 7 heteroatoms. The number of carbonyl (C=O) groups excluding carboxylic acids is 1. The van der Waals surface area contributed by atoms with Crippen molar-refractivity contribution in [2.45, 2.75) is 20.8 Å². The molecule has 0 saturated carbocycles. The first-order valence-electron chi connectivity index (χ1n) is 6.46. The number of piperazine rings is 1. The Labute approximate surface area is 115 Å². The summed E-state index contributed by atoms with van der Waals surface area (Å²) in [6.07, 6.45) is 1.05. The second-order valence-electron chi connectivity index (χ2n) is 5.91. The number of carbonyl (C=O) groups is 1. The van der Waals surface area contributed by atoms with Crippen LogP contribution in [0.5, 0.6) is 0 Å². The SMILES string of the molecule is CC(C)(C)C(=O)N1CCN(CCOS(C)(=O)=O)CC1. The van der Waals surface area contributed by atoms with Gasteiger partial charge in [-0.3, -0.25) is 13.9 Å². The van der Waals surface area contributed by atoms with Crippen LogP contribution in [0.25, 0.3) is 0 Å². The fourth-order valence-corrected chi connectivity index (χ4v) is 2.34. The van der Waals surface area contributed by atoms with Crippen LogP contribution in [0.15, 0.2) is 0 Å². The molecule has 0 aromatic heterocycles. The highest BCUT2D eigenvalue weighted by atomic mass is 32.2. The Bertz CT molecular complexity index is 406. The van der Waals surface area contributed by atoms with Gasteiger partial charge in [-0.2, -0.15) is 8.42 Å². The second kappa shape index (κ2) is 6.19. The molecule has 0 aromatic rings. The predicted molar refractivity (Wildman–Crippen MR) is 73.3 cm³/mol. The molecule has 0 aliphatic carbocycles. The maximum atomic E-state index is 12.1.